The molecule has 3 rings (SSSR count). The van der Waals surface area contributed by atoms with E-state index in [0.717, 1.165) is 33.8 Å². The average Bonchev–Trinajstić information content (AvgIpc) is 2.93. The molecule has 0 bridgehead atoms. The molecule has 2 aliphatic rings. The first kappa shape index (κ1) is 14.8. The van der Waals surface area contributed by atoms with Crippen LogP contribution in [0.5, 0.6) is 0 Å². The Bertz CT molecular complexity index is 452. The molecule has 1 aromatic rings. The maximum Gasteiger partial charge on any atom is 0.142 e. The van der Waals surface area contributed by atoms with Crippen molar-refractivity contribution in [3.63, 3.8) is 0 Å². The van der Waals surface area contributed by atoms with Crippen molar-refractivity contribution in [3.05, 3.63) is 21.2 Å². The summed E-state index contributed by atoms with van der Waals surface area (Å²) in [6.45, 7) is 6.21. The second-order valence-corrected chi connectivity index (χ2v) is 7.67. The minimum atomic E-state index is 0.874. The molecule has 0 N–H and O–H groups in total. The van der Waals surface area contributed by atoms with E-state index >= 15 is 0 Å². The molecule has 0 unspecified atom stereocenters. The summed E-state index contributed by atoms with van der Waals surface area (Å²) >= 11 is 7.09. The lowest BCUT2D eigenvalue weighted by atomic mass is 9.96. The van der Waals surface area contributed by atoms with Gasteiger partial charge in [-0.05, 0) is 82.6 Å². The molecular weight excluding hydrogens is 382 g/mol. The third-order valence-corrected chi connectivity index (χ3v) is 5.43. The van der Waals surface area contributed by atoms with E-state index in [4.69, 9.17) is 0 Å². The second-order valence-electron chi connectivity index (χ2n) is 5.90. The van der Waals surface area contributed by atoms with Crippen LogP contribution in [0.25, 0.3) is 0 Å². The third kappa shape index (κ3) is 3.55. The summed E-state index contributed by atoms with van der Waals surface area (Å²) in [6.07, 6.45) is 7.26. The molecule has 3 heterocycles. The molecule has 5 heteroatoms. The molecule has 0 saturated carbocycles. The van der Waals surface area contributed by atoms with Crippen LogP contribution in [0.3, 0.4) is 0 Å². The molecule has 0 atom stereocenters. The van der Waals surface area contributed by atoms with Crippen molar-refractivity contribution in [2.24, 2.45) is 5.92 Å². The highest BCUT2D eigenvalue weighted by molar-refractivity contribution is 9.11. The van der Waals surface area contributed by atoms with Gasteiger partial charge in [0, 0.05) is 30.3 Å². The molecule has 110 valence electrons. The molecule has 2 saturated heterocycles. The van der Waals surface area contributed by atoms with Gasteiger partial charge in [-0.3, -0.25) is 0 Å². The van der Waals surface area contributed by atoms with E-state index in [2.05, 4.69) is 52.7 Å². The highest BCUT2D eigenvalue weighted by Crippen LogP contribution is 2.30. The van der Waals surface area contributed by atoms with Crippen LogP contribution in [0.4, 0.5) is 5.82 Å². The van der Waals surface area contributed by atoms with E-state index < -0.39 is 0 Å². The summed E-state index contributed by atoms with van der Waals surface area (Å²) < 4.78 is 2.11. The second kappa shape index (κ2) is 6.75. The molecular formula is C15H21Br2N3. The fraction of sp³-hybridized carbons (Fsp3) is 0.667. The van der Waals surface area contributed by atoms with Gasteiger partial charge in [0.15, 0.2) is 0 Å². The van der Waals surface area contributed by atoms with Crippen molar-refractivity contribution in [2.75, 3.05) is 37.6 Å². The van der Waals surface area contributed by atoms with Gasteiger partial charge in [0.25, 0.3) is 0 Å². The topological polar surface area (TPSA) is 19.4 Å². The fourth-order valence-electron chi connectivity index (χ4n) is 3.30. The molecule has 0 aliphatic carbocycles. The van der Waals surface area contributed by atoms with Crippen LogP contribution in [0, 0.1) is 5.92 Å². The molecule has 0 amide bonds. The lowest BCUT2D eigenvalue weighted by Crippen LogP contribution is -2.38. The van der Waals surface area contributed by atoms with Crippen LogP contribution in [0.2, 0.25) is 0 Å². The Morgan fingerprint density at radius 3 is 2.45 bits per heavy atom. The first-order valence-corrected chi connectivity index (χ1v) is 9.09. The van der Waals surface area contributed by atoms with Crippen molar-refractivity contribution < 1.29 is 0 Å². The van der Waals surface area contributed by atoms with E-state index in [-0.39, 0.29) is 0 Å². The number of halogens is 2. The van der Waals surface area contributed by atoms with Crippen LogP contribution >= 0.6 is 31.9 Å². The Morgan fingerprint density at radius 2 is 1.80 bits per heavy atom. The van der Waals surface area contributed by atoms with E-state index in [9.17, 15) is 0 Å². The van der Waals surface area contributed by atoms with E-state index in [0.29, 0.717) is 0 Å². The Morgan fingerprint density at radius 1 is 1.10 bits per heavy atom. The number of aromatic nitrogens is 1. The van der Waals surface area contributed by atoms with E-state index in [1.54, 1.807) is 0 Å². The summed E-state index contributed by atoms with van der Waals surface area (Å²) in [5, 5.41) is 0. The number of rotatable bonds is 3. The van der Waals surface area contributed by atoms with Crippen molar-refractivity contribution in [2.45, 2.75) is 25.7 Å². The highest BCUT2D eigenvalue weighted by Gasteiger charge is 2.24. The van der Waals surface area contributed by atoms with E-state index in [1.165, 1.54) is 45.3 Å². The Kier molecular flexibility index (Phi) is 5.00. The number of hydrogen-bond acceptors (Lipinski definition) is 3. The monoisotopic (exact) mass is 401 g/mol. The average molecular weight is 403 g/mol. The molecule has 1 aromatic heterocycles. The molecule has 0 radical (unpaired) electrons. The van der Waals surface area contributed by atoms with Crippen molar-refractivity contribution in [1.82, 2.24) is 9.88 Å². The number of hydrogen-bond donors (Lipinski definition) is 0. The van der Waals surface area contributed by atoms with E-state index in [1.807, 2.05) is 6.20 Å². The zero-order chi connectivity index (χ0) is 13.9. The maximum atomic E-state index is 4.55. The van der Waals surface area contributed by atoms with Crippen LogP contribution in [0.15, 0.2) is 21.2 Å². The molecule has 0 aromatic carbocycles. The summed E-state index contributed by atoms with van der Waals surface area (Å²) in [4.78, 5) is 9.61. The number of anilines is 1. The zero-order valence-corrected chi connectivity index (χ0v) is 14.9. The van der Waals surface area contributed by atoms with Crippen LogP contribution in [0.1, 0.15) is 25.7 Å². The van der Waals surface area contributed by atoms with Crippen molar-refractivity contribution >= 4 is 37.7 Å². The van der Waals surface area contributed by atoms with Gasteiger partial charge in [0.2, 0.25) is 0 Å². The van der Waals surface area contributed by atoms with Gasteiger partial charge in [0.1, 0.15) is 5.82 Å². The van der Waals surface area contributed by atoms with Gasteiger partial charge in [-0.2, -0.15) is 0 Å². The van der Waals surface area contributed by atoms with Crippen LogP contribution in [-0.4, -0.2) is 42.6 Å². The molecule has 2 fully saturated rings. The third-order valence-electron chi connectivity index (χ3n) is 4.42. The molecule has 2 aliphatic heterocycles. The highest BCUT2D eigenvalue weighted by atomic mass is 79.9. The summed E-state index contributed by atoms with van der Waals surface area (Å²) in [6, 6.07) is 2.08. The van der Waals surface area contributed by atoms with Crippen molar-refractivity contribution in [1.29, 1.82) is 0 Å². The Balaban J connectivity index is 1.55. The van der Waals surface area contributed by atoms with Gasteiger partial charge in [0.05, 0.1) is 4.47 Å². The Hall–Kier alpha value is -0.130. The predicted octanol–water partition coefficient (Wildman–Crippen LogP) is 3.92. The molecule has 20 heavy (non-hydrogen) atoms. The van der Waals surface area contributed by atoms with Crippen LogP contribution in [-0.2, 0) is 0 Å². The largest absolute Gasteiger partial charge is 0.356 e. The summed E-state index contributed by atoms with van der Waals surface area (Å²) in [7, 11) is 0. The minimum Gasteiger partial charge on any atom is -0.356 e. The zero-order valence-electron chi connectivity index (χ0n) is 11.7. The van der Waals surface area contributed by atoms with Gasteiger partial charge in [-0.1, -0.05) is 0 Å². The summed E-state index contributed by atoms with van der Waals surface area (Å²) in [5.41, 5.74) is 0. The fourth-order valence-corrected chi connectivity index (χ4v) is 4.54. The smallest absolute Gasteiger partial charge is 0.142 e. The lowest BCUT2D eigenvalue weighted by Gasteiger charge is -2.35. The normalized spacial score (nSPS) is 21.6. The molecule has 0 spiro atoms. The number of pyridine rings is 1. The van der Waals surface area contributed by atoms with Gasteiger partial charge >= 0.3 is 0 Å². The minimum absolute atomic E-state index is 0.874. The quantitative estimate of drug-likeness (QED) is 0.763. The van der Waals surface area contributed by atoms with Gasteiger partial charge in [-0.15, -0.1) is 0 Å². The molecule has 3 nitrogen and oxygen atoms in total. The van der Waals surface area contributed by atoms with Gasteiger partial charge < -0.3 is 9.80 Å². The lowest BCUT2D eigenvalue weighted by molar-refractivity contribution is 0.249. The number of likely N-dealkylation sites (tertiary alicyclic amines) is 1. The number of piperidine rings is 1. The first-order chi connectivity index (χ1) is 9.72. The standard InChI is InChI=1S/C15H21Br2N3/c16-13-9-14(17)15(18-10-13)20-7-3-12(4-8-20)11-19-5-1-2-6-19/h9-10,12H,1-8,11H2. The maximum absolute atomic E-state index is 4.55. The van der Waals surface area contributed by atoms with Gasteiger partial charge in [-0.25, -0.2) is 4.98 Å². The van der Waals surface area contributed by atoms with Crippen LogP contribution < -0.4 is 4.90 Å². The SMILES string of the molecule is Brc1cnc(N2CCC(CN3CCCC3)CC2)c(Br)c1. The Labute approximate surface area is 138 Å². The summed E-state index contributed by atoms with van der Waals surface area (Å²) in [5.74, 6) is 1.96. The first-order valence-electron chi connectivity index (χ1n) is 7.51. The van der Waals surface area contributed by atoms with Crippen molar-refractivity contribution in [3.8, 4) is 0 Å². The number of nitrogens with zero attached hydrogens (tertiary/aromatic N) is 3. The predicted molar refractivity (Wildman–Crippen MR) is 90.2 cm³/mol.